The molecule has 2 aromatic rings. The summed E-state index contributed by atoms with van der Waals surface area (Å²) < 4.78 is 2.28. The molecule has 0 unspecified atom stereocenters. The summed E-state index contributed by atoms with van der Waals surface area (Å²) >= 11 is 0. The largest absolute Gasteiger partial charge is 0.327 e. The Morgan fingerprint density at radius 3 is 2.44 bits per heavy atom. The lowest BCUT2D eigenvalue weighted by molar-refractivity contribution is 0.672. The normalized spacial score (nSPS) is 10.9. The van der Waals surface area contributed by atoms with E-state index in [-0.39, 0.29) is 0 Å². The highest BCUT2D eigenvalue weighted by Crippen LogP contribution is 2.17. The van der Waals surface area contributed by atoms with Gasteiger partial charge in [-0.05, 0) is 44.5 Å². The second-order valence-electron chi connectivity index (χ2n) is 4.78. The smallest absolute Gasteiger partial charge is 0.106 e. The first-order valence-electron chi connectivity index (χ1n) is 6.34. The van der Waals surface area contributed by atoms with Crippen molar-refractivity contribution in [2.45, 2.75) is 33.9 Å². The summed E-state index contributed by atoms with van der Waals surface area (Å²) in [6, 6.07) is 6.46. The number of aromatic nitrogens is 2. The van der Waals surface area contributed by atoms with Crippen LogP contribution in [0.4, 0.5) is 0 Å². The number of nitrogens with one attached hydrogen (secondary N) is 1. The molecule has 1 N–H and O–H groups in total. The van der Waals surface area contributed by atoms with Gasteiger partial charge in [-0.25, -0.2) is 4.98 Å². The number of imidazole rings is 1. The van der Waals surface area contributed by atoms with Crippen molar-refractivity contribution in [1.82, 2.24) is 14.9 Å². The molecule has 3 heteroatoms. The fourth-order valence-corrected chi connectivity index (χ4v) is 2.31. The summed E-state index contributed by atoms with van der Waals surface area (Å²) in [5.74, 6) is 1.07. The maximum Gasteiger partial charge on any atom is 0.106 e. The maximum atomic E-state index is 4.41. The van der Waals surface area contributed by atoms with Crippen molar-refractivity contribution in [2.75, 3.05) is 7.05 Å². The molecule has 0 saturated heterocycles. The Morgan fingerprint density at radius 1 is 1.17 bits per heavy atom. The molecule has 96 valence electrons. The Bertz CT molecular complexity index is 520. The standard InChI is InChI=1S/C15H21N3/c1-11-6-5-7-12(2)15(11)10-18-13(3)17-9-14(18)8-16-4/h5-7,9,16H,8,10H2,1-4H3. The van der Waals surface area contributed by atoms with Gasteiger partial charge in [-0.1, -0.05) is 18.2 Å². The Hall–Kier alpha value is -1.61. The van der Waals surface area contributed by atoms with Crippen molar-refractivity contribution in [1.29, 1.82) is 0 Å². The first-order chi connectivity index (χ1) is 8.63. The molecule has 0 aliphatic carbocycles. The van der Waals surface area contributed by atoms with Gasteiger partial charge in [0, 0.05) is 19.3 Å². The topological polar surface area (TPSA) is 29.9 Å². The van der Waals surface area contributed by atoms with E-state index in [0.717, 1.165) is 18.9 Å². The van der Waals surface area contributed by atoms with Crippen LogP contribution in [0.5, 0.6) is 0 Å². The zero-order valence-corrected chi connectivity index (χ0v) is 11.6. The zero-order valence-electron chi connectivity index (χ0n) is 11.6. The third-order valence-corrected chi connectivity index (χ3v) is 3.46. The summed E-state index contributed by atoms with van der Waals surface area (Å²) in [7, 11) is 1.96. The van der Waals surface area contributed by atoms with Crippen molar-refractivity contribution < 1.29 is 0 Å². The maximum absolute atomic E-state index is 4.41. The van der Waals surface area contributed by atoms with Gasteiger partial charge in [-0.15, -0.1) is 0 Å². The van der Waals surface area contributed by atoms with E-state index in [0.29, 0.717) is 0 Å². The number of rotatable bonds is 4. The van der Waals surface area contributed by atoms with Crippen molar-refractivity contribution >= 4 is 0 Å². The quantitative estimate of drug-likeness (QED) is 0.894. The van der Waals surface area contributed by atoms with Gasteiger partial charge in [-0.3, -0.25) is 0 Å². The van der Waals surface area contributed by atoms with Gasteiger partial charge in [0.1, 0.15) is 5.82 Å². The lowest BCUT2D eigenvalue weighted by atomic mass is 10.0. The molecule has 1 aromatic heterocycles. The van der Waals surface area contributed by atoms with E-state index in [1.165, 1.54) is 22.4 Å². The van der Waals surface area contributed by atoms with Gasteiger partial charge < -0.3 is 9.88 Å². The molecule has 0 aliphatic heterocycles. The summed E-state index contributed by atoms with van der Waals surface area (Å²) in [4.78, 5) is 4.41. The summed E-state index contributed by atoms with van der Waals surface area (Å²) in [5, 5.41) is 3.19. The fourth-order valence-electron chi connectivity index (χ4n) is 2.31. The SMILES string of the molecule is CNCc1cnc(C)n1Cc1c(C)cccc1C. The van der Waals surface area contributed by atoms with Crippen LogP contribution in [-0.4, -0.2) is 16.6 Å². The molecule has 1 aromatic carbocycles. The first-order valence-corrected chi connectivity index (χ1v) is 6.34. The van der Waals surface area contributed by atoms with Crippen LogP contribution in [0.3, 0.4) is 0 Å². The molecule has 0 amide bonds. The van der Waals surface area contributed by atoms with E-state index < -0.39 is 0 Å². The lowest BCUT2D eigenvalue weighted by Crippen LogP contribution is -2.14. The highest BCUT2D eigenvalue weighted by molar-refractivity contribution is 5.34. The molecule has 0 spiro atoms. The molecule has 0 aliphatic rings. The highest BCUT2D eigenvalue weighted by atomic mass is 15.1. The van der Waals surface area contributed by atoms with E-state index in [1.54, 1.807) is 0 Å². The highest BCUT2D eigenvalue weighted by Gasteiger charge is 2.09. The van der Waals surface area contributed by atoms with Gasteiger partial charge in [0.05, 0.1) is 5.69 Å². The lowest BCUT2D eigenvalue weighted by Gasteiger charge is -2.14. The van der Waals surface area contributed by atoms with E-state index >= 15 is 0 Å². The van der Waals surface area contributed by atoms with E-state index in [2.05, 4.69) is 53.8 Å². The molecule has 0 atom stereocenters. The van der Waals surface area contributed by atoms with Crippen molar-refractivity contribution in [3.05, 3.63) is 52.6 Å². The third-order valence-electron chi connectivity index (χ3n) is 3.46. The van der Waals surface area contributed by atoms with Crippen LogP contribution in [-0.2, 0) is 13.1 Å². The fraction of sp³-hybridized carbons (Fsp3) is 0.400. The number of hydrogen-bond acceptors (Lipinski definition) is 2. The molecule has 18 heavy (non-hydrogen) atoms. The molecule has 2 rings (SSSR count). The summed E-state index contributed by atoms with van der Waals surface area (Å²) in [6.07, 6.45) is 1.96. The van der Waals surface area contributed by atoms with Gasteiger partial charge in [0.15, 0.2) is 0 Å². The Balaban J connectivity index is 2.36. The van der Waals surface area contributed by atoms with Crippen LogP contribution >= 0.6 is 0 Å². The zero-order chi connectivity index (χ0) is 13.1. The minimum atomic E-state index is 0.853. The van der Waals surface area contributed by atoms with Crippen LogP contribution in [0, 0.1) is 20.8 Å². The molecule has 1 heterocycles. The molecule has 3 nitrogen and oxygen atoms in total. The molecular formula is C15H21N3. The van der Waals surface area contributed by atoms with Gasteiger partial charge >= 0.3 is 0 Å². The monoisotopic (exact) mass is 243 g/mol. The van der Waals surface area contributed by atoms with Gasteiger partial charge in [-0.2, -0.15) is 0 Å². The van der Waals surface area contributed by atoms with Gasteiger partial charge in [0.2, 0.25) is 0 Å². The predicted octanol–water partition coefficient (Wildman–Crippen LogP) is 2.58. The minimum Gasteiger partial charge on any atom is -0.327 e. The summed E-state index contributed by atoms with van der Waals surface area (Å²) in [6.45, 7) is 8.17. The molecular weight excluding hydrogens is 222 g/mol. The van der Waals surface area contributed by atoms with Crippen LogP contribution in [0.2, 0.25) is 0 Å². The van der Waals surface area contributed by atoms with Crippen molar-refractivity contribution in [2.24, 2.45) is 0 Å². The average molecular weight is 243 g/mol. The van der Waals surface area contributed by atoms with E-state index in [4.69, 9.17) is 0 Å². The minimum absolute atomic E-state index is 0.853. The molecule has 0 saturated carbocycles. The number of benzene rings is 1. The van der Waals surface area contributed by atoms with Crippen molar-refractivity contribution in [3.8, 4) is 0 Å². The number of hydrogen-bond donors (Lipinski definition) is 1. The number of aryl methyl sites for hydroxylation is 3. The second kappa shape index (κ2) is 5.36. The second-order valence-corrected chi connectivity index (χ2v) is 4.78. The van der Waals surface area contributed by atoms with E-state index in [1.807, 2.05) is 13.2 Å². The van der Waals surface area contributed by atoms with Crippen LogP contribution in [0.15, 0.2) is 24.4 Å². The summed E-state index contributed by atoms with van der Waals surface area (Å²) in [5.41, 5.74) is 5.32. The van der Waals surface area contributed by atoms with E-state index in [9.17, 15) is 0 Å². The Labute approximate surface area is 109 Å². The average Bonchev–Trinajstić information content (AvgIpc) is 2.66. The third kappa shape index (κ3) is 2.46. The van der Waals surface area contributed by atoms with Crippen molar-refractivity contribution in [3.63, 3.8) is 0 Å². The van der Waals surface area contributed by atoms with Gasteiger partial charge in [0.25, 0.3) is 0 Å². The van der Waals surface area contributed by atoms with Crippen LogP contribution in [0.1, 0.15) is 28.2 Å². The van der Waals surface area contributed by atoms with Crippen LogP contribution < -0.4 is 5.32 Å². The van der Waals surface area contributed by atoms with Crippen LogP contribution in [0.25, 0.3) is 0 Å². The first kappa shape index (κ1) is 12.8. The Kier molecular flexibility index (Phi) is 3.82. The Morgan fingerprint density at radius 2 is 1.83 bits per heavy atom. The molecule has 0 fully saturated rings. The molecule has 0 bridgehead atoms. The number of nitrogens with zero attached hydrogens (tertiary/aromatic N) is 2. The molecule has 0 radical (unpaired) electrons. The predicted molar refractivity (Wildman–Crippen MR) is 74.7 cm³/mol.